The van der Waals surface area contributed by atoms with Crippen LogP contribution in [0.2, 0.25) is 0 Å². The van der Waals surface area contributed by atoms with Crippen LogP contribution in [0.3, 0.4) is 0 Å². The van der Waals surface area contributed by atoms with Crippen LogP contribution in [-0.2, 0) is 25.5 Å². The maximum atomic E-state index is 14.3. The molecule has 0 fully saturated rings. The van der Waals surface area contributed by atoms with Crippen molar-refractivity contribution in [1.29, 1.82) is 0 Å². The second kappa shape index (κ2) is 7.44. The van der Waals surface area contributed by atoms with E-state index in [4.69, 9.17) is 9.47 Å². The first-order valence-corrected chi connectivity index (χ1v) is 7.11. The van der Waals surface area contributed by atoms with Gasteiger partial charge in [0.15, 0.2) is 23.5 Å². The van der Waals surface area contributed by atoms with Crippen molar-refractivity contribution in [3.05, 3.63) is 59.2 Å². The molecule has 0 saturated heterocycles. The number of ether oxygens (including phenoxy) is 2. The van der Waals surface area contributed by atoms with E-state index >= 15 is 0 Å². The summed E-state index contributed by atoms with van der Waals surface area (Å²) in [5, 5.41) is 11.1. The molecule has 26 heavy (non-hydrogen) atoms. The number of carbonyl (C=O) groups is 1. The largest absolute Gasteiger partial charge is 0.381 e. The molecule has 0 aromatic carbocycles. The van der Waals surface area contributed by atoms with Crippen molar-refractivity contribution < 1.29 is 36.9 Å². The first-order chi connectivity index (χ1) is 12.3. The van der Waals surface area contributed by atoms with Crippen LogP contribution in [0.15, 0.2) is 24.5 Å². The van der Waals surface area contributed by atoms with Crippen LogP contribution in [0.1, 0.15) is 11.4 Å². The highest BCUT2D eigenvalue weighted by Crippen LogP contribution is 2.42. The molecule has 1 N–H and O–H groups in total. The van der Waals surface area contributed by atoms with Gasteiger partial charge in [-0.1, -0.05) is 0 Å². The predicted octanol–water partition coefficient (Wildman–Crippen LogP) is 1.61. The summed E-state index contributed by atoms with van der Waals surface area (Å²) in [7, 11) is 2.02. The van der Waals surface area contributed by atoms with Crippen LogP contribution in [0.25, 0.3) is 0 Å². The van der Waals surface area contributed by atoms with Crippen molar-refractivity contribution in [3.8, 4) is 0 Å². The highest BCUT2D eigenvalue weighted by atomic mass is 19.1. The fraction of sp³-hybridized carbons (Fsp3) is 0.312. The molecule has 0 amide bonds. The van der Waals surface area contributed by atoms with Gasteiger partial charge in [-0.15, -0.1) is 0 Å². The lowest BCUT2D eigenvalue weighted by atomic mass is 9.78. The molecule has 2 heterocycles. The lowest BCUT2D eigenvalue weighted by Crippen LogP contribution is -2.56. The average Bonchev–Trinajstić information content (AvgIpc) is 2.58. The van der Waals surface area contributed by atoms with Gasteiger partial charge in [0, 0.05) is 26.4 Å². The quantitative estimate of drug-likeness (QED) is 0.586. The second-order valence-corrected chi connectivity index (χ2v) is 5.32. The lowest BCUT2D eigenvalue weighted by Gasteiger charge is -2.41. The monoisotopic (exact) mass is 374 g/mol. The molecular formula is C16H14F4N2O4. The van der Waals surface area contributed by atoms with Gasteiger partial charge < -0.3 is 14.6 Å². The van der Waals surface area contributed by atoms with E-state index in [9.17, 15) is 27.5 Å². The van der Waals surface area contributed by atoms with Crippen molar-refractivity contribution in [3.63, 3.8) is 0 Å². The van der Waals surface area contributed by atoms with Gasteiger partial charge in [-0.2, -0.15) is 0 Å². The number of hydrogen-bond acceptors (Lipinski definition) is 6. The van der Waals surface area contributed by atoms with E-state index in [0.717, 1.165) is 14.2 Å². The minimum Gasteiger partial charge on any atom is -0.381 e. The number of rotatable bonds is 7. The zero-order valence-corrected chi connectivity index (χ0v) is 13.7. The van der Waals surface area contributed by atoms with E-state index in [0.29, 0.717) is 24.5 Å². The van der Waals surface area contributed by atoms with Crippen LogP contribution in [0, 0.1) is 23.3 Å². The van der Waals surface area contributed by atoms with Gasteiger partial charge in [0.2, 0.25) is 5.60 Å². The normalized spacial score (nSPS) is 16.0. The van der Waals surface area contributed by atoms with Gasteiger partial charge in [-0.05, 0) is 0 Å². The summed E-state index contributed by atoms with van der Waals surface area (Å²) >= 11 is 0. The van der Waals surface area contributed by atoms with Crippen molar-refractivity contribution >= 4 is 6.29 Å². The lowest BCUT2D eigenvalue weighted by molar-refractivity contribution is -0.202. The summed E-state index contributed by atoms with van der Waals surface area (Å²) in [6.45, 7) is -0.812. The maximum absolute atomic E-state index is 14.3. The van der Waals surface area contributed by atoms with Crippen LogP contribution in [0.4, 0.5) is 17.6 Å². The number of nitrogens with zero attached hydrogens (tertiary/aromatic N) is 2. The average molecular weight is 374 g/mol. The Morgan fingerprint density at radius 2 is 1.54 bits per heavy atom. The summed E-state index contributed by atoms with van der Waals surface area (Å²) in [6.07, 6.45) is 1.12. The number of hydrogen-bond donors (Lipinski definition) is 1. The summed E-state index contributed by atoms with van der Waals surface area (Å²) in [6, 6.07) is 0.809. The Morgan fingerprint density at radius 1 is 1.04 bits per heavy atom. The zero-order chi connectivity index (χ0) is 19.5. The summed E-state index contributed by atoms with van der Waals surface area (Å²) < 4.78 is 64.8. The Balaban J connectivity index is 2.82. The molecule has 6 nitrogen and oxygen atoms in total. The van der Waals surface area contributed by atoms with E-state index in [-0.39, 0.29) is 6.29 Å². The number of methoxy groups -OCH3 is 2. The Morgan fingerprint density at radius 3 is 1.92 bits per heavy atom. The number of aromatic nitrogens is 2. The fourth-order valence-electron chi connectivity index (χ4n) is 2.63. The zero-order valence-electron chi connectivity index (χ0n) is 13.7. The summed E-state index contributed by atoms with van der Waals surface area (Å²) in [5.41, 5.74) is -7.12. The molecule has 10 heteroatoms. The smallest absolute Gasteiger partial charge is 0.204 e. The molecule has 2 unspecified atom stereocenters. The van der Waals surface area contributed by atoms with Crippen molar-refractivity contribution in [2.45, 2.75) is 11.2 Å². The van der Waals surface area contributed by atoms with Crippen LogP contribution < -0.4 is 0 Å². The topological polar surface area (TPSA) is 81.5 Å². The molecule has 0 aliphatic carbocycles. The van der Waals surface area contributed by atoms with Crippen LogP contribution >= 0.6 is 0 Å². The molecule has 0 aliphatic rings. The Hall–Kier alpha value is -2.43. The van der Waals surface area contributed by atoms with E-state index in [1.165, 1.54) is 0 Å². The van der Waals surface area contributed by atoms with Gasteiger partial charge in [-0.25, -0.2) is 17.6 Å². The Labute approximate surface area is 145 Å². The Bertz CT molecular complexity index is 823. The number of aliphatic hydroxyl groups is 1. The minimum absolute atomic E-state index is 0.0418. The highest BCUT2D eigenvalue weighted by Gasteiger charge is 2.58. The van der Waals surface area contributed by atoms with Gasteiger partial charge in [0.05, 0.1) is 19.0 Å². The molecule has 2 rings (SSSR count). The molecule has 0 saturated carbocycles. The number of carbonyl (C=O) groups excluding carboxylic acids is 1. The van der Waals surface area contributed by atoms with E-state index in [1.807, 2.05) is 0 Å². The molecule has 2 aromatic heterocycles. The minimum atomic E-state index is -2.76. The van der Waals surface area contributed by atoms with Crippen LogP contribution in [0.5, 0.6) is 0 Å². The maximum Gasteiger partial charge on any atom is 0.204 e. The van der Waals surface area contributed by atoms with Gasteiger partial charge in [-0.3, -0.25) is 14.8 Å². The van der Waals surface area contributed by atoms with E-state index < -0.39 is 52.5 Å². The van der Waals surface area contributed by atoms with Crippen molar-refractivity contribution in [2.24, 2.45) is 0 Å². The third kappa shape index (κ3) is 3.06. The first kappa shape index (κ1) is 19.9. The molecule has 2 atom stereocenters. The number of aldehydes is 1. The Kier molecular flexibility index (Phi) is 5.69. The fourth-order valence-corrected chi connectivity index (χ4v) is 2.63. The number of halogens is 4. The SMILES string of the molecule is COCC(O)(c1ncc(F)cc1F)C(C=O)(OC)c1ncc(F)cc1F. The molecule has 0 radical (unpaired) electrons. The molecule has 0 aliphatic heterocycles. The van der Waals surface area contributed by atoms with Gasteiger partial charge in [0.1, 0.15) is 23.0 Å². The molecular weight excluding hydrogens is 360 g/mol. The number of pyridine rings is 2. The standard InChI is InChI=1S/C16H14F4N2O4/c1-25-8-15(24,13-11(19)3-9(17)5-21-13)16(7-23,26-2)14-12(20)4-10(18)6-22-14/h3-7,24H,8H2,1-2H3. The highest BCUT2D eigenvalue weighted by molar-refractivity contribution is 5.68. The third-order valence-electron chi connectivity index (χ3n) is 3.81. The van der Waals surface area contributed by atoms with Crippen LogP contribution in [-0.4, -0.2) is 42.2 Å². The van der Waals surface area contributed by atoms with Gasteiger partial charge >= 0.3 is 0 Å². The second-order valence-electron chi connectivity index (χ2n) is 5.32. The van der Waals surface area contributed by atoms with Crippen molar-refractivity contribution in [2.75, 3.05) is 20.8 Å². The summed E-state index contributed by atoms with van der Waals surface area (Å²) in [5.74, 6) is -4.78. The van der Waals surface area contributed by atoms with E-state index in [1.54, 1.807) is 0 Å². The molecule has 0 bridgehead atoms. The van der Waals surface area contributed by atoms with E-state index in [2.05, 4.69) is 9.97 Å². The van der Waals surface area contributed by atoms with Crippen molar-refractivity contribution in [1.82, 2.24) is 9.97 Å². The van der Waals surface area contributed by atoms with Gasteiger partial charge in [0.25, 0.3) is 0 Å². The first-order valence-electron chi connectivity index (χ1n) is 7.11. The molecule has 0 spiro atoms. The summed E-state index contributed by atoms with van der Waals surface area (Å²) in [4.78, 5) is 18.8. The molecule has 2 aromatic rings. The predicted molar refractivity (Wildman–Crippen MR) is 78.8 cm³/mol. The third-order valence-corrected chi connectivity index (χ3v) is 3.81. The molecule has 140 valence electrons.